The SMILES string of the molecule is NNC(=O)C(=O)N1CCCCc2ccccc21. The molecule has 90 valence electrons. The van der Waals surface area contributed by atoms with Crippen LogP contribution in [-0.4, -0.2) is 18.4 Å². The molecule has 0 aromatic heterocycles. The van der Waals surface area contributed by atoms with Crippen LogP contribution in [0.1, 0.15) is 18.4 Å². The van der Waals surface area contributed by atoms with Crippen molar-refractivity contribution in [2.75, 3.05) is 11.4 Å². The zero-order valence-corrected chi connectivity index (χ0v) is 9.48. The Balaban J connectivity index is 2.35. The van der Waals surface area contributed by atoms with E-state index in [4.69, 9.17) is 5.84 Å². The van der Waals surface area contributed by atoms with Crippen molar-refractivity contribution >= 4 is 17.5 Å². The summed E-state index contributed by atoms with van der Waals surface area (Å²) in [6.45, 7) is 0.559. The Bertz CT molecular complexity index is 445. The second-order valence-corrected chi connectivity index (χ2v) is 4.02. The van der Waals surface area contributed by atoms with Gasteiger partial charge in [-0.05, 0) is 30.9 Å². The number of nitrogens with one attached hydrogen (secondary N) is 1. The van der Waals surface area contributed by atoms with E-state index in [1.807, 2.05) is 29.7 Å². The fourth-order valence-corrected chi connectivity index (χ4v) is 2.09. The van der Waals surface area contributed by atoms with Crippen molar-refractivity contribution < 1.29 is 9.59 Å². The van der Waals surface area contributed by atoms with E-state index in [0.29, 0.717) is 6.54 Å². The van der Waals surface area contributed by atoms with Gasteiger partial charge in [-0.3, -0.25) is 15.0 Å². The van der Waals surface area contributed by atoms with Gasteiger partial charge in [0.05, 0.1) is 0 Å². The summed E-state index contributed by atoms with van der Waals surface area (Å²) in [5.74, 6) is 3.62. The molecule has 1 aromatic rings. The molecule has 2 rings (SSSR count). The van der Waals surface area contributed by atoms with Crippen LogP contribution in [0.25, 0.3) is 0 Å². The molecule has 0 saturated heterocycles. The van der Waals surface area contributed by atoms with Crippen molar-refractivity contribution in [1.82, 2.24) is 5.43 Å². The van der Waals surface area contributed by atoms with Crippen LogP contribution in [0.2, 0.25) is 0 Å². The smallest absolute Gasteiger partial charge is 0.304 e. The third-order valence-electron chi connectivity index (χ3n) is 2.93. The van der Waals surface area contributed by atoms with Crippen molar-refractivity contribution in [3.05, 3.63) is 29.8 Å². The van der Waals surface area contributed by atoms with Crippen molar-refractivity contribution in [3.8, 4) is 0 Å². The zero-order chi connectivity index (χ0) is 12.3. The highest BCUT2D eigenvalue weighted by Gasteiger charge is 2.25. The largest absolute Gasteiger partial charge is 0.323 e. The number of carbonyl (C=O) groups is 2. The first-order valence-electron chi connectivity index (χ1n) is 5.64. The van der Waals surface area contributed by atoms with Crippen molar-refractivity contribution in [3.63, 3.8) is 0 Å². The molecule has 0 aliphatic carbocycles. The molecule has 0 bridgehead atoms. The highest BCUT2D eigenvalue weighted by atomic mass is 16.2. The van der Waals surface area contributed by atoms with Gasteiger partial charge in [0, 0.05) is 12.2 Å². The predicted octanol–water partition coefficient (Wildman–Crippen LogP) is 0.346. The van der Waals surface area contributed by atoms with Crippen molar-refractivity contribution in [2.45, 2.75) is 19.3 Å². The zero-order valence-electron chi connectivity index (χ0n) is 9.48. The van der Waals surface area contributed by atoms with Gasteiger partial charge in [0.2, 0.25) is 0 Å². The molecule has 2 amide bonds. The maximum atomic E-state index is 11.9. The number of hydrogen-bond acceptors (Lipinski definition) is 3. The fourth-order valence-electron chi connectivity index (χ4n) is 2.09. The molecule has 0 spiro atoms. The van der Waals surface area contributed by atoms with Gasteiger partial charge in [-0.15, -0.1) is 0 Å². The lowest BCUT2D eigenvalue weighted by Gasteiger charge is -2.21. The summed E-state index contributed by atoms with van der Waals surface area (Å²) in [5, 5.41) is 0. The Labute approximate surface area is 99.6 Å². The number of fused-ring (bicyclic) bond motifs is 1. The molecule has 1 aromatic carbocycles. The molecule has 17 heavy (non-hydrogen) atoms. The number of nitrogens with zero attached hydrogens (tertiary/aromatic N) is 1. The first-order valence-corrected chi connectivity index (χ1v) is 5.64. The summed E-state index contributed by atoms with van der Waals surface area (Å²) >= 11 is 0. The van der Waals surface area contributed by atoms with Gasteiger partial charge in [-0.2, -0.15) is 0 Å². The van der Waals surface area contributed by atoms with Crippen LogP contribution in [-0.2, 0) is 16.0 Å². The molecule has 1 heterocycles. The van der Waals surface area contributed by atoms with Crippen LogP contribution >= 0.6 is 0 Å². The first-order chi connectivity index (χ1) is 8.24. The van der Waals surface area contributed by atoms with Crippen LogP contribution in [0.4, 0.5) is 5.69 Å². The van der Waals surface area contributed by atoms with Crippen molar-refractivity contribution in [1.29, 1.82) is 0 Å². The summed E-state index contributed by atoms with van der Waals surface area (Å²) in [4.78, 5) is 24.7. The quantitative estimate of drug-likeness (QED) is 0.294. The van der Waals surface area contributed by atoms with Gasteiger partial charge in [0.1, 0.15) is 0 Å². The highest BCUT2D eigenvalue weighted by Crippen LogP contribution is 2.25. The Morgan fingerprint density at radius 3 is 2.76 bits per heavy atom. The van der Waals surface area contributed by atoms with E-state index in [1.165, 1.54) is 4.90 Å². The molecule has 0 radical (unpaired) electrons. The molecule has 3 N–H and O–H groups in total. The van der Waals surface area contributed by atoms with Gasteiger partial charge in [-0.25, -0.2) is 5.84 Å². The van der Waals surface area contributed by atoms with E-state index >= 15 is 0 Å². The number of para-hydroxylation sites is 1. The van der Waals surface area contributed by atoms with Gasteiger partial charge in [0.15, 0.2) is 0 Å². The normalized spacial score (nSPS) is 14.8. The second kappa shape index (κ2) is 4.97. The molecule has 0 saturated carbocycles. The number of aryl methyl sites for hydroxylation is 1. The van der Waals surface area contributed by atoms with Crippen LogP contribution < -0.4 is 16.2 Å². The summed E-state index contributed by atoms with van der Waals surface area (Å²) in [6.07, 6.45) is 2.84. The number of hydrazine groups is 1. The number of amides is 2. The van der Waals surface area contributed by atoms with E-state index < -0.39 is 11.8 Å². The minimum Gasteiger partial charge on any atom is -0.304 e. The molecular weight excluding hydrogens is 218 g/mol. The standard InChI is InChI=1S/C12H15N3O2/c13-14-11(16)12(17)15-8-4-3-6-9-5-1-2-7-10(9)15/h1-2,5,7H,3-4,6,8,13H2,(H,14,16). The van der Waals surface area contributed by atoms with E-state index in [-0.39, 0.29) is 0 Å². The second-order valence-electron chi connectivity index (χ2n) is 4.02. The van der Waals surface area contributed by atoms with Gasteiger partial charge in [-0.1, -0.05) is 18.2 Å². The monoisotopic (exact) mass is 233 g/mol. The van der Waals surface area contributed by atoms with Crippen molar-refractivity contribution in [2.24, 2.45) is 5.84 Å². The number of benzene rings is 1. The summed E-state index contributed by atoms with van der Waals surface area (Å²) in [5.41, 5.74) is 3.80. The average Bonchev–Trinajstić information content (AvgIpc) is 2.59. The Morgan fingerprint density at radius 2 is 2.00 bits per heavy atom. The fraction of sp³-hybridized carbons (Fsp3) is 0.333. The number of rotatable bonds is 0. The molecule has 0 atom stereocenters. The summed E-state index contributed by atoms with van der Waals surface area (Å²) < 4.78 is 0. The van der Waals surface area contributed by atoms with Crippen LogP contribution in [0, 0.1) is 0 Å². The molecule has 5 nitrogen and oxygen atoms in total. The maximum absolute atomic E-state index is 11.9. The third-order valence-corrected chi connectivity index (χ3v) is 2.93. The number of anilines is 1. The predicted molar refractivity (Wildman–Crippen MR) is 64.1 cm³/mol. The molecular formula is C12H15N3O2. The lowest BCUT2D eigenvalue weighted by molar-refractivity contribution is -0.137. The van der Waals surface area contributed by atoms with Crippen LogP contribution in [0.15, 0.2) is 24.3 Å². The van der Waals surface area contributed by atoms with Gasteiger partial charge < -0.3 is 4.90 Å². The van der Waals surface area contributed by atoms with Gasteiger partial charge in [0.25, 0.3) is 0 Å². The Hall–Kier alpha value is -1.88. The molecule has 0 unspecified atom stereocenters. The number of hydrogen-bond donors (Lipinski definition) is 2. The molecule has 5 heteroatoms. The van der Waals surface area contributed by atoms with E-state index in [0.717, 1.165) is 30.5 Å². The van der Waals surface area contributed by atoms with E-state index in [2.05, 4.69) is 0 Å². The third kappa shape index (κ3) is 2.29. The number of carbonyl (C=O) groups excluding carboxylic acids is 2. The minimum absolute atomic E-state index is 0.559. The summed E-state index contributed by atoms with van der Waals surface area (Å²) in [7, 11) is 0. The lowest BCUT2D eigenvalue weighted by Crippen LogP contribution is -2.46. The van der Waals surface area contributed by atoms with E-state index in [9.17, 15) is 9.59 Å². The molecule has 1 aliphatic rings. The summed E-state index contributed by atoms with van der Waals surface area (Å²) in [6, 6.07) is 7.66. The van der Waals surface area contributed by atoms with Crippen LogP contribution in [0.5, 0.6) is 0 Å². The topological polar surface area (TPSA) is 75.4 Å². The van der Waals surface area contributed by atoms with Gasteiger partial charge >= 0.3 is 11.8 Å². The maximum Gasteiger partial charge on any atom is 0.323 e. The molecule has 1 aliphatic heterocycles. The Morgan fingerprint density at radius 1 is 1.24 bits per heavy atom. The van der Waals surface area contributed by atoms with Crippen LogP contribution in [0.3, 0.4) is 0 Å². The Kier molecular flexibility index (Phi) is 3.39. The first kappa shape index (κ1) is 11.6. The van der Waals surface area contributed by atoms with E-state index in [1.54, 1.807) is 0 Å². The minimum atomic E-state index is -0.776. The highest BCUT2D eigenvalue weighted by molar-refractivity contribution is 6.40. The average molecular weight is 233 g/mol. The lowest BCUT2D eigenvalue weighted by atomic mass is 10.1. The number of nitrogens with two attached hydrogens (primary N) is 1. The molecule has 0 fully saturated rings.